The first-order valence-corrected chi connectivity index (χ1v) is 11.1. The highest BCUT2D eigenvalue weighted by atomic mass is 16.5. The quantitative estimate of drug-likeness (QED) is 0.563. The number of methoxy groups -OCH3 is 1. The molecule has 3 aromatic carbocycles. The fourth-order valence-electron chi connectivity index (χ4n) is 4.40. The van der Waals surface area contributed by atoms with Gasteiger partial charge in [-0.2, -0.15) is 0 Å². The van der Waals surface area contributed by atoms with Crippen LogP contribution < -0.4 is 15.4 Å². The van der Waals surface area contributed by atoms with Crippen LogP contribution in [-0.2, 0) is 16.1 Å². The first-order valence-electron chi connectivity index (χ1n) is 11.1. The number of nitrogens with zero attached hydrogens (tertiary/aromatic N) is 1. The largest absolute Gasteiger partial charge is 0.496 e. The van der Waals surface area contributed by atoms with Crippen LogP contribution in [0.5, 0.6) is 5.75 Å². The van der Waals surface area contributed by atoms with Crippen molar-refractivity contribution in [2.45, 2.75) is 25.4 Å². The molecule has 6 nitrogen and oxygen atoms in total. The summed E-state index contributed by atoms with van der Waals surface area (Å²) in [6.07, 6.45) is 2.29. The minimum absolute atomic E-state index is 0.0227. The Hall–Kier alpha value is -3.38. The fraction of sp³-hybridized carbons (Fsp3) is 0.308. The van der Waals surface area contributed by atoms with Gasteiger partial charge in [-0.3, -0.25) is 14.5 Å². The molecular formula is C26H29N3O3. The molecule has 0 saturated carbocycles. The molecule has 1 aliphatic rings. The Morgan fingerprint density at radius 1 is 0.906 bits per heavy atom. The number of nitrogens with one attached hydrogen (secondary N) is 2. The predicted octanol–water partition coefficient (Wildman–Crippen LogP) is 3.42. The smallest absolute Gasteiger partial charge is 0.309 e. The summed E-state index contributed by atoms with van der Waals surface area (Å²) in [6, 6.07) is 22.0. The van der Waals surface area contributed by atoms with E-state index in [-0.39, 0.29) is 12.6 Å². The highest BCUT2D eigenvalue weighted by molar-refractivity contribution is 6.35. The molecule has 32 heavy (non-hydrogen) atoms. The van der Waals surface area contributed by atoms with Crippen molar-refractivity contribution in [1.29, 1.82) is 0 Å². The lowest BCUT2D eigenvalue weighted by Crippen LogP contribution is -2.43. The molecule has 1 saturated heterocycles. The van der Waals surface area contributed by atoms with Gasteiger partial charge in [0.15, 0.2) is 0 Å². The topological polar surface area (TPSA) is 70.7 Å². The second-order valence-corrected chi connectivity index (χ2v) is 8.03. The summed E-state index contributed by atoms with van der Waals surface area (Å²) < 4.78 is 5.30. The van der Waals surface area contributed by atoms with Gasteiger partial charge in [0.25, 0.3) is 0 Å². The van der Waals surface area contributed by atoms with Crippen LogP contribution >= 0.6 is 0 Å². The summed E-state index contributed by atoms with van der Waals surface area (Å²) in [7, 11) is 1.58. The van der Waals surface area contributed by atoms with Crippen molar-refractivity contribution in [3.63, 3.8) is 0 Å². The Balaban J connectivity index is 1.44. The van der Waals surface area contributed by atoms with E-state index in [4.69, 9.17) is 4.74 Å². The molecule has 2 amide bonds. The Labute approximate surface area is 188 Å². The van der Waals surface area contributed by atoms with E-state index in [0.29, 0.717) is 12.3 Å². The van der Waals surface area contributed by atoms with Crippen LogP contribution in [0.25, 0.3) is 10.8 Å². The second-order valence-electron chi connectivity index (χ2n) is 8.03. The number of hydrogen-bond acceptors (Lipinski definition) is 4. The summed E-state index contributed by atoms with van der Waals surface area (Å²) in [6.45, 7) is 2.59. The number of carbonyl (C=O) groups is 2. The van der Waals surface area contributed by atoms with E-state index >= 15 is 0 Å². The van der Waals surface area contributed by atoms with Crippen LogP contribution in [0.2, 0.25) is 0 Å². The van der Waals surface area contributed by atoms with Gasteiger partial charge in [0, 0.05) is 18.7 Å². The molecular weight excluding hydrogens is 402 g/mol. The molecule has 4 rings (SSSR count). The molecule has 3 aromatic rings. The van der Waals surface area contributed by atoms with Crippen LogP contribution in [0.1, 0.15) is 30.0 Å². The van der Waals surface area contributed by atoms with Gasteiger partial charge in [-0.1, -0.05) is 60.7 Å². The Kier molecular flexibility index (Phi) is 7.02. The predicted molar refractivity (Wildman–Crippen MR) is 125 cm³/mol. The van der Waals surface area contributed by atoms with Crippen LogP contribution in [0.3, 0.4) is 0 Å². The van der Waals surface area contributed by atoms with Gasteiger partial charge in [0.2, 0.25) is 0 Å². The molecule has 166 valence electrons. The van der Waals surface area contributed by atoms with Crippen molar-refractivity contribution < 1.29 is 14.3 Å². The summed E-state index contributed by atoms with van der Waals surface area (Å²) in [5.41, 5.74) is 2.00. The maximum Gasteiger partial charge on any atom is 0.309 e. The maximum absolute atomic E-state index is 12.6. The van der Waals surface area contributed by atoms with E-state index in [1.807, 2.05) is 36.4 Å². The molecule has 6 heteroatoms. The number of fused-ring (bicyclic) bond motifs is 1. The Morgan fingerprint density at radius 2 is 1.59 bits per heavy atom. The molecule has 2 N–H and O–H groups in total. The number of rotatable bonds is 7. The lowest BCUT2D eigenvalue weighted by molar-refractivity contribution is -0.139. The van der Waals surface area contributed by atoms with Gasteiger partial charge in [-0.05, 0) is 48.3 Å². The van der Waals surface area contributed by atoms with Gasteiger partial charge in [0.05, 0.1) is 13.2 Å². The molecule has 0 aromatic heterocycles. The van der Waals surface area contributed by atoms with Gasteiger partial charge < -0.3 is 15.4 Å². The van der Waals surface area contributed by atoms with E-state index in [2.05, 4.69) is 45.9 Å². The lowest BCUT2D eigenvalue weighted by Gasteiger charge is -2.29. The van der Waals surface area contributed by atoms with E-state index in [9.17, 15) is 9.59 Å². The first kappa shape index (κ1) is 21.8. The minimum atomic E-state index is -0.644. The molecule has 0 radical (unpaired) electrons. The number of para-hydroxylation sites is 1. The number of benzene rings is 3. The van der Waals surface area contributed by atoms with Crippen LogP contribution in [-0.4, -0.2) is 43.5 Å². The van der Waals surface area contributed by atoms with E-state index in [1.54, 1.807) is 7.11 Å². The van der Waals surface area contributed by atoms with Gasteiger partial charge in [-0.25, -0.2) is 0 Å². The van der Waals surface area contributed by atoms with Crippen molar-refractivity contribution >= 4 is 22.6 Å². The third kappa shape index (κ3) is 4.92. The molecule has 0 aliphatic carbocycles. The number of hydrogen-bond donors (Lipinski definition) is 2. The summed E-state index contributed by atoms with van der Waals surface area (Å²) in [5.74, 6) is -0.586. The van der Waals surface area contributed by atoms with Crippen LogP contribution in [0.4, 0.5) is 0 Å². The molecule has 1 fully saturated rings. The maximum atomic E-state index is 12.6. The van der Waals surface area contributed by atoms with E-state index in [1.165, 1.54) is 16.3 Å². The van der Waals surface area contributed by atoms with Crippen LogP contribution in [0, 0.1) is 0 Å². The normalized spacial score (nSPS) is 14.8. The SMILES string of the molecule is COc1ccccc1CNC(=O)C(=O)NCC(c1cccc2ccccc12)N1CCCC1. The molecule has 0 spiro atoms. The van der Waals surface area contributed by atoms with Crippen molar-refractivity contribution in [2.24, 2.45) is 0 Å². The summed E-state index contributed by atoms with van der Waals surface area (Å²) in [4.78, 5) is 27.4. The van der Waals surface area contributed by atoms with Crippen LogP contribution in [0.15, 0.2) is 66.7 Å². The van der Waals surface area contributed by atoms with Crippen molar-refractivity contribution in [3.05, 3.63) is 77.9 Å². The first-order chi connectivity index (χ1) is 15.7. The average Bonchev–Trinajstić information content (AvgIpc) is 3.37. The number of carbonyl (C=O) groups excluding carboxylic acids is 2. The van der Waals surface area contributed by atoms with Crippen molar-refractivity contribution in [1.82, 2.24) is 15.5 Å². The zero-order chi connectivity index (χ0) is 22.3. The zero-order valence-corrected chi connectivity index (χ0v) is 18.3. The molecule has 1 unspecified atom stereocenters. The standard InChI is InChI=1S/C26H29N3O3/c1-32-24-14-5-3-10-20(24)17-27-25(30)26(31)28-18-23(29-15-6-7-16-29)22-13-8-11-19-9-2-4-12-21(19)22/h2-5,8-14,23H,6-7,15-18H2,1H3,(H,27,30)(H,28,31). The van der Waals surface area contributed by atoms with Gasteiger partial charge in [-0.15, -0.1) is 0 Å². The second kappa shape index (κ2) is 10.3. The van der Waals surface area contributed by atoms with Crippen molar-refractivity contribution in [2.75, 3.05) is 26.7 Å². The van der Waals surface area contributed by atoms with Gasteiger partial charge >= 0.3 is 11.8 Å². The Bertz CT molecular complexity index is 1090. The highest BCUT2D eigenvalue weighted by Crippen LogP contribution is 2.30. The minimum Gasteiger partial charge on any atom is -0.496 e. The lowest BCUT2D eigenvalue weighted by atomic mass is 9.97. The molecule has 1 aliphatic heterocycles. The van der Waals surface area contributed by atoms with Gasteiger partial charge in [0.1, 0.15) is 5.75 Å². The van der Waals surface area contributed by atoms with E-state index in [0.717, 1.165) is 31.5 Å². The third-order valence-electron chi connectivity index (χ3n) is 6.06. The zero-order valence-electron chi connectivity index (χ0n) is 18.3. The molecule has 1 heterocycles. The third-order valence-corrected chi connectivity index (χ3v) is 6.06. The number of amides is 2. The fourth-order valence-corrected chi connectivity index (χ4v) is 4.40. The summed E-state index contributed by atoms with van der Waals surface area (Å²) in [5, 5.41) is 7.91. The molecule has 0 bridgehead atoms. The summed E-state index contributed by atoms with van der Waals surface area (Å²) >= 11 is 0. The average molecular weight is 432 g/mol. The number of likely N-dealkylation sites (tertiary alicyclic amines) is 1. The molecule has 1 atom stereocenters. The monoisotopic (exact) mass is 431 g/mol. The van der Waals surface area contributed by atoms with E-state index < -0.39 is 11.8 Å². The Morgan fingerprint density at radius 3 is 2.41 bits per heavy atom. The number of ether oxygens (including phenoxy) is 1. The highest BCUT2D eigenvalue weighted by Gasteiger charge is 2.26. The van der Waals surface area contributed by atoms with Crippen molar-refractivity contribution in [3.8, 4) is 5.75 Å².